The Morgan fingerprint density at radius 1 is 1.05 bits per heavy atom. The van der Waals surface area contributed by atoms with E-state index in [1.807, 2.05) is 0 Å². The fourth-order valence-corrected chi connectivity index (χ4v) is 1.65. The second-order valence-corrected chi connectivity index (χ2v) is 4.33. The van der Waals surface area contributed by atoms with Gasteiger partial charge in [-0.2, -0.15) is 0 Å². The number of halogens is 2. The van der Waals surface area contributed by atoms with E-state index in [2.05, 4.69) is 11.8 Å². The topological polar surface area (TPSA) is 29.5 Å². The minimum Gasteiger partial charge on any atom is -0.489 e. The van der Waals surface area contributed by atoms with Crippen LogP contribution in [0.15, 0.2) is 42.5 Å². The molecule has 2 aromatic rings. The average Bonchev–Trinajstić information content (AvgIpc) is 2.49. The molecule has 2 rings (SSSR count). The van der Waals surface area contributed by atoms with Crippen molar-refractivity contribution in [2.75, 3.05) is 6.61 Å². The summed E-state index contributed by atoms with van der Waals surface area (Å²) in [6.07, 6.45) is 0.308. The van der Waals surface area contributed by atoms with Crippen LogP contribution in [0.2, 0.25) is 0 Å². The van der Waals surface area contributed by atoms with Gasteiger partial charge in [0.1, 0.15) is 24.0 Å². The number of rotatable bonds is 4. The van der Waals surface area contributed by atoms with Crippen molar-refractivity contribution in [2.45, 2.75) is 13.0 Å². The van der Waals surface area contributed by atoms with Crippen LogP contribution in [0.4, 0.5) is 8.78 Å². The summed E-state index contributed by atoms with van der Waals surface area (Å²) < 4.78 is 32.0. The van der Waals surface area contributed by atoms with Crippen molar-refractivity contribution in [3.05, 3.63) is 65.2 Å². The number of ether oxygens (including phenoxy) is 1. The Labute approximate surface area is 122 Å². The highest BCUT2D eigenvalue weighted by atomic mass is 19.1. The Morgan fingerprint density at radius 3 is 2.48 bits per heavy atom. The number of aliphatic hydroxyl groups is 1. The minimum absolute atomic E-state index is 0.0481. The SMILES string of the molecule is OCCC#Cc1ccc(OCc2ccc(F)cc2)cc1F. The Hall–Kier alpha value is -2.38. The minimum atomic E-state index is -0.475. The van der Waals surface area contributed by atoms with Gasteiger partial charge in [-0.05, 0) is 29.8 Å². The highest BCUT2D eigenvalue weighted by Crippen LogP contribution is 2.17. The molecule has 0 atom stereocenters. The summed E-state index contributed by atoms with van der Waals surface area (Å²) >= 11 is 0. The highest BCUT2D eigenvalue weighted by molar-refractivity contribution is 5.39. The number of benzene rings is 2. The lowest BCUT2D eigenvalue weighted by atomic mass is 10.2. The van der Waals surface area contributed by atoms with Gasteiger partial charge in [0.15, 0.2) is 0 Å². The maximum absolute atomic E-state index is 13.8. The average molecular weight is 288 g/mol. The van der Waals surface area contributed by atoms with Crippen LogP contribution < -0.4 is 4.74 Å². The van der Waals surface area contributed by atoms with Crippen molar-refractivity contribution >= 4 is 0 Å². The third-order valence-corrected chi connectivity index (χ3v) is 2.72. The molecule has 0 aromatic heterocycles. The first kappa shape index (κ1) is 15.0. The van der Waals surface area contributed by atoms with E-state index in [0.29, 0.717) is 12.2 Å². The van der Waals surface area contributed by atoms with E-state index >= 15 is 0 Å². The van der Waals surface area contributed by atoms with Gasteiger partial charge in [0.2, 0.25) is 0 Å². The van der Waals surface area contributed by atoms with Gasteiger partial charge in [0, 0.05) is 12.5 Å². The van der Waals surface area contributed by atoms with Crippen LogP contribution in [0, 0.1) is 23.5 Å². The molecule has 0 aliphatic rings. The Bertz CT molecular complexity index is 655. The maximum Gasteiger partial charge on any atom is 0.142 e. The van der Waals surface area contributed by atoms with E-state index in [1.54, 1.807) is 18.2 Å². The molecule has 4 heteroatoms. The number of aliphatic hydroxyl groups excluding tert-OH is 1. The lowest BCUT2D eigenvalue weighted by Gasteiger charge is -2.07. The summed E-state index contributed by atoms with van der Waals surface area (Å²) in [6.45, 7) is 0.183. The molecule has 0 unspecified atom stereocenters. The number of hydrogen-bond acceptors (Lipinski definition) is 2. The van der Waals surface area contributed by atoms with Gasteiger partial charge in [-0.3, -0.25) is 0 Å². The molecule has 21 heavy (non-hydrogen) atoms. The molecular weight excluding hydrogens is 274 g/mol. The van der Waals surface area contributed by atoms with Crippen molar-refractivity contribution in [1.29, 1.82) is 0 Å². The molecule has 0 saturated carbocycles. The smallest absolute Gasteiger partial charge is 0.142 e. The van der Waals surface area contributed by atoms with Crippen LogP contribution >= 0.6 is 0 Å². The summed E-state index contributed by atoms with van der Waals surface area (Å²) in [6, 6.07) is 10.3. The summed E-state index contributed by atoms with van der Waals surface area (Å²) in [5.41, 5.74) is 1.06. The van der Waals surface area contributed by atoms with Gasteiger partial charge in [-0.25, -0.2) is 8.78 Å². The van der Waals surface area contributed by atoms with Crippen LogP contribution in [0.5, 0.6) is 5.75 Å². The predicted molar refractivity (Wildman–Crippen MR) is 75.7 cm³/mol. The first-order valence-corrected chi connectivity index (χ1v) is 6.45. The van der Waals surface area contributed by atoms with Gasteiger partial charge < -0.3 is 9.84 Å². The van der Waals surface area contributed by atoms with Crippen molar-refractivity contribution in [3.63, 3.8) is 0 Å². The summed E-state index contributed by atoms with van der Waals surface area (Å²) in [5.74, 6) is 4.89. The molecule has 0 spiro atoms. The molecule has 0 radical (unpaired) electrons. The fraction of sp³-hybridized carbons (Fsp3) is 0.176. The maximum atomic E-state index is 13.8. The zero-order valence-corrected chi connectivity index (χ0v) is 11.3. The lowest BCUT2D eigenvalue weighted by molar-refractivity contribution is 0.304. The molecule has 0 heterocycles. The molecule has 0 aliphatic heterocycles. The molecule has 0 saturated heterocycles. The predicted octanol–water partition coefficient (Wildman–Crippen LogP) is 3.28. The zero-order valence-electron chi connectivity index (χ0n) is 11.3. The Morgan fingerprint density at radius 2 is 1.81 bits per heavy atom. The molecule has 0 bridgehead atoms. The van der Waals surface area contributed by atoms with E-state index < -0.39 is 5.82 Å². The second-order valence-electron chi connectivity index (χ2n) is 4.33. The zero-order chi connectivity index (χ0) is 15.1. The van der Waals surface area contributed by atoms with E-state index in [-0.39, 0.29) is 24.6 Å². The number of hydrogen-bond donors (Lipinski definition) is 1. The molecule has 2 aromatic carbocycles. The lowest BCUT2D eigenvalue weighted by Crippen LogP contribution is -1.96. The first-order valence-electron chi connectivity index (χ1n) is 6.45. The van der Waals surface area contributed by atoms with Crippen LogP contribution in [0.25, 0.3) is 0 Å². The van der Waals surface area contributed by atoms with E-state index in [4.69, 9.17) is 9.84 Å². The first-order chi connectivity index (χ1) is 10.2. The monoisotopic (exact) mass is 288 g/mol. The van der Waals surface area contributed by atoms with E-state index in [0.717, 1.165) is 5.56 Å². The largest absolute Gasteiger partial charge is 0.489 e. The van der Waals surface area contributed by atoms with Crippen molar-refractivity contribution in [3.8, 4) is 17.6 Å². The molecule has 0 fully saturated rings. The van der Waals surface area contributed by atoms with Gasteiger partial charge in [-0.15, -0.1) is 0 Å². The van der Waals surface area contributed by atoms with Crippen molar-refractivity contribution in [1.82, 2.24) is 0 Å². The molecule has 2 nitrogen and oxygen atoms in total. The Balaban J connectivity index is 2.00. The quantitative estimate of drug-likeness (QED) is 0.875. The molecular formula is C17H14F2O2. The van der Waals surface area contributed by atoms with Crippen LogP contribution in [-0.4, -0.2) is 11.7 Å². The van der Waals surface area contributed by atoms with Gasteiger partial charge in [0.25, 0.3) is 0 Å². The van der Waals surface area contributed by atoms with Crippen LogP contribution in [-0.2, 0) is 6.61 Å². The third kappa shape index (κ3) is 4.59. The van der Waals surface area contributed by atoms with Crippen LogP contribution in [0.3, 0.4) is 0 Å². The molecule has 0 amide bonds. The van der Waals surface area contributed by atoms with Crippen molar-refractivity contribution in [2.24, 2.45) is 0 Å². The summed E-state index contributed by atoms with van der Waals surface area (Å²) in [7, 11) is 0. The third-order valence-electron chi connectivity index (χ3n) is 2.72. The van der Waals surface area contributed by atoms with Crippen molar-refractivity contribution < 1.29 is 18.6 Å². The highest BCUT2D eigenvalue weighted by Gasteiger charge is 2.03. The van der Waals surface area contributed by atoms with Gasteiger partial charge in [-0.1, -0.05) is 24.0 Å². The van der Waals surface area contributed by atoms with Gasteiger partial charge in [0.05, 0.1) is 12.2 Å². The normalized spacial score (nSPS) is 9.86. The van der Waals surface area contributed by atoms with E-state index in [1.165, 1.54) is 24.3 Å². The molecule has 1 N–H and O–H groups in total. The standard InChI is InChI=1S/C17H14F2O2/c18-15-7-4-13(5-8-15)12-21-16-9-6-14(17(19)11-16)3-1-2-10-20/h4-9,11,20H,2,10,12H2. The van der Waals surface area contributed by atoms with E-state index in [9.17, 15) is 8.78 Å². The second kappa shape index (κ2) is 7.41. The molecule has 0 aliphatic carbocycles. The Kier molecular flexibility index (Phi) is 5.30. The fourth-order valence-electron chi connectivity index (χ4n) is 1.65. The summed E-state index contributed by atoms with van der Waals surface area (Å²) in [5, 5.41) is 8.61. The molecule has 108 valence electrons. The summed E-state index contributed by atoms with van der Waals surface area (Å²) in [4.78, 5) is 0. The van der Waals surface area contributed by atoms with Crippen LogP contribution in [0.1, 0.15) is 17.5 Å². The van der Waals surface area contributed by atoms with Gasteiger partial charge >= 0.3 is 0 Å².